The predicted molar refractivity (Wildman–Crippen MR) is 104 cm³/mol. The van der Waals surface area contributed by atoms with Crippen LogP contribution in [0.2, 0.25) is 0 Å². The van der Waals surface area contributed by atoms with Crippen molar-refractivity contribution in [3.63, 3.8) is 0 Å². The average Bonchev–Trinajstić information content (AvgIpc) is 3.02. The van der Waals surface area contributed by atoms with E-state index < -0.39 is 0 Å². The van der Waals surface area contributed by atoms with Crippen LogP contribution in [0.3, 0.4) is 0 Å². The molecule has 4 nitrogen and oxygen atoms in total. The summed E-state index contributed by atoms with van der Waals surface area (Å²) in [5.74, 6) is 0.839. The van der Waals surface area contributed by atoms with Gasteiger partial charge in [0.1, 0.15) is 0 Å². The molecule has 3 N–H and O–H groups in total. The van der Waals surface area contributed by atoms with E-state index >= 15 is 0 Å². The zero-order chi connectivity index (χ0) is 17.2. The minimum Gasteiger partial charge on any atom is -0.370 e. The average molecular weight is 332 g/mol. The lowest BCUT2D eigenvalue weighted by atomic mass is 9.97. The van der Waals surface area contributed by atoms with Crippen LogP contribution in [0.1, 0.15) is 12.8 Å². The van der Waals surface area contributed by atoms with E-state index in [0.29, 0.717) is 5.92 Å². The number of para-hydroxylation sites is 1. The maximum atomic E-state index is 7.58. The summed E-state index contributed by atoms with van der Waals surface area (Å²) in [6.45, 7) is 2.81. The topological polar surface area (TPSA) is 58.0 Å². The van der Waals surface area contributed by atoms with Crippen molar-refractivity contribution in [2.45, 2.75) is 19.4 Å². The van der Waals surface area contributed by atoms with Crippen LogP contribution < -0.4 is 5.73 Å². The lowest BCUT2D eigenvalue weighted by Crippen LogP contribution is -2.42. The zero-order valence-corrected chi connectivity index (χ0v) is 14.4. The first-order chi connectivity index (χ1) is 12.2. The van der Waals surface area contributed by atoms with Gasteiger partial charge in [0.15, 0.2) is 5.96 Å². The van der Waals surface area contributed by atoms with E-state index in [1.165, 1.54) is 22.0 Å². The fourth-order valence-corrected chi connectivity index (χ4v) is 3.88. The molecule has 1 aliphatic rings. The number of nitrogens with zero attached hydrogens (tertiary/aromatic N) is 2. The molecule has 1 aliphatic heterocycles. The van der Waals surface area contributed by atoms with E-state index in [9.17, 15) is 0 Å². The first-order valence-corrected chi connectivity index (χ1v) is 8.94. The Hall–Kier alpha value is -2.75. The number of benzene rings is 2. The van der Waals surface area contributed by atoms with Gasteiger partial charge in [0.25, 0.3) is 0 Å². The van der Waals surface area contributed by atoms with Crippen LogP contribution in [0.4, 0.5) is 0 Å². The van der Waals surface area contributed by atoms with Gasteiger partial charge in [0.2, 0.25) is 0 Å². The Balaban J connectivity index is 1.62. The number of hydrogen-bond acceptors (Lipinski definition) is 1. The highest BCUT2D eigenvalue weighted by molar-refractivity contribution is 5.96. The second-order valence-corrected chi connectivity index (χ2v) is 6.89. The summed E-state index contributed by atoms with van der Waals surface area (Å²) < 4.78 is 2.41. The van der Waals surface area contributed by atoms with Crippen molar-refractivity contribution in [3.05, 3.63) is 60.8 Å². The Morgan fingerprint density at radius 1 is 1.00 bits per heavy atom. The van der Waals surface area contributed by atoms with Gasteiger partial charge in [-0.15, -0.1) is 0 Å². The van der Waals surface area contributed by atoms with Crippen molar-refractivity contribution in [3.8, 4) is 11.1 Å². The van der Waals surface area contributed by atoms with Gasteiger partial charge in [-0.05, 0) is 30.4 Å². The Morgan fingerprint density at radius 3 is 2.40 bits per heavy atom. The number of piperidine rings is 1. The van der Waals surface area contributed by atoms with Gasteiger partial charge in [0.05, 0.1) is 0 Å². The number of likely N-dealkylation sites (tertiary alicyclic amines) is 1. The van der Waals surface area contributed by atoms with Gasteiger partial charge in [-0.25, -0.2) is 0 Å². The molecule has 4 rings (SSSR count). The predicted octanol–water partition coefficient (Wildman–Crippen LogP) is 3.91. The molecule has 0 saturated carbocycles. The number of nitrogens with two attached hydrogens (primary N) is 1. The van der Waals surface area contributed by atoms with Crippen LogP contribution in [-0.2, 0) is 6.54 Å². The lowest BCUT2D eigenvalue weighted by Gasteiger charge is -2.32. The van der Waals surface area contributed by atoms with Crippen molar-refractivity contribution >= 4 is 16.9 Å². The van der Waals surface area contributed by atoms with E-state index in [1.807, 2.05) is 4.90 Å². The SMILES string of the molecule is N=C(N)N1CCC(Cn2cc(-c3ccccc3)c3ccccc32)CC1. The van der Waals surface area contributed by atoms with Crippen molar-refractivity contribution in [1.29, 1.82) is 5.41 Å². The molecule has 3 aromatic rings. The van der Waals surface area contributed by atoms with Crippen molar-refractivity contribution < 1.29 is 0 Å². The second kappa shape index (κ2) is 6.63. The lowest BCUT2D eigenvalue weighted by molar-refractivity contribution is 0.245. The van der Waals surface area contributed by atoms with Gasteiger partial charge in [0, 0.05) is 42.3 Å². The monoisotopic (exact) mass is 332 g/mol. The van der Waals surface area contributed by atoms with Crippen LogP contribution in [0.5, 0.6) is 0 Å². The summed E-state index contributed by atoms with van der Waals surface area (Å²) in [6, 6.07) is 19.3. The van der Waals surface area contributed by atoms with Crippen LogP contribution in [0.15, 0.2) is 60.8 Å². The van der Waals surface area contributed by atoms with Crippen LogP contribution >= 0.6 is 0 Å². The van der Waals surface area contributed by atoms with Gasteiger partial charge >= 0.3 is 0 Å². The Bertz CT molecular complexity index is 873. The molecular formula is C21H24N4. The molecule has 0 amide bonds. The fraction of sp³-hybridized carbons (Fsp3) is 0.286. The highest BCUT2D eigenvalue weighted by Crippen LogP contribution is 2.32. The summed E-state index contributed by atoms with van der Waals surface area (Å²) in [5.41, 5.74) is 9.48. The Kier molecular flexibility index (Phi) is 4.18. The molecule has 1 saturated heterocycles. The molecule has 0 spiro atoms. The van der Waals surface area contributed by atoms with E-state index in [2.05, 4.69) is 65.4 Å². The number of rotatable bonds is 3. The minimum absolute atomic E-state index is 0.205. The molecule has 1 fully saturated rings. The molecule has 0 aliphatic carbocycles. The standard InChI is InChI=1S/C21H24N4/c22-21(23)24-12-10-16(11-13-24)14-25-15-19(17-6-2-1-3-7-17)18-8-4-5-9-20(18)25/h1-9,15-16H,10-14H2,(H3,22,23). The zero-order valence-electron chi connectivity index (χ0n) is 14.4. The normalized spacial score (nSPS) is 15.6. The number of aromatic nitrogens is 1. The summed E-state index contributed by atoms with van der Waals surface area (Å²) in [6.07, 6.45) is 4.48. The van der Waals surface area contributed by atoms with Crippen molar-refractivity contribution in [2.24, 2.45) is 11.7 Å². The fourth-order valence-electron chi connectivity index (χ4n) is 3.88. The second-order valence-electron chi connectivity index (χ2n) is 6.89. The van der Waals surface area contributed by atoms with Gasteiger partial charge in [-0.1, -0.05) is 48.5 Å². The summed E-state index contributed by atoms with van der Waals surface area (Å²) in [7, 11) is 0. The molecular weight excluding hydrogens is 308 g/mol. The molecule has 2 aromatic carbocycles. The first-order valence-electron chi connectivity index (χ1n) is 8.94. The highest BCUT2D eigenvalue weighted by Gasteiger charge is 2.21. The quantitative estimate of drug-likeness (QED) is 0.564. The van der Waals surface area contributed by atoms with E-state index in [0.717, 1.165) is 32.5 Å². The van der Waals surface area contributed by atoms with Crippen LogP contribution in [0.25, 0.3) is 22.0 Å². The molecule has 128 valence electrons. The number of guanidine groups is 1. The third-order valence-electron chi connectivity index (χ3n) is 5.28. The molecule has 0 radical (unpaired) electrons. The number of nitrogens with one attached hydrogen (secondary N) is 1. The molecule has 2 heterocycles. The third-order valence-corrected chi connectivity index (χ3v) is 5.28. The van der Waals surface area contributed by atoms with Crippen molar-refractivity contribution in [1.82, 2.24) is 9.47 Å². The molecule has 25 heavy (non-hydrogen) atoms. The molecule has 0 atom stereocenters. The summed E-state index contributed by atoms with van der Waals surface area (Å²) >= 11 is 0. The summed E-state index contributed by atoms with van der Waals surface area (Å²) in [5, 5.41) is 8.90. The number of hydrogen-bond donors (Lipinski definition) is 2. The Morgan fingerprint density at radius 2 is 1.68 bits per heavy atom. The van der Waals surface area contributed by atoms with Crippen molar-refractivity contribution in [2.75, 3.05) is 13.1 Å². The molecule has 0 unspecified atom stereocenters. The summed E-state index contributed by atoms with van der Waals surface area (Å²) in [4.78, 5) is 1.97. The van der Waals surface area contributed by atoms with E-state index in [4.69, 9.17) is 11.1 Å². The molecule has 4 heteroatoms. The molecule has 1 aromatic heterocycles. The highest BCUT2D eigenvalue weighted by atomic mass is 15.2. The maximum absolute atomic E-state index is 7.58. The van der Waals surface area contributed by atoms with Gasteiger partial charge in [-0.3, -0.25) is 5.41 Å². The molecule has 0 bridgehead atoms. The van der Waals surface area contributed by atoms with Crippen LogP contribution in [0, 0.1) is 11.3 Å². The van der Waals surface area contributed by atoms with Gasteiger partial charge < -0.3 is 15.2 Å². The van der Waals surface area contributed by atoms with E-state index in [1.54, 1.807) is 0 Å². The third kappa shape index (κ3) is 3.12. The first kappa shape index (κ1) is 15.8. The van der Waals surface area contributed by atoms with Crippen LogP contribution in [-0.4, -0.2) is 28.5 Å². The van der Waals surface area contributed by atoms with Gasteiger partial charge in [-0.2, -0.15) is 0 Å². The van der Waals surface area contributed by atoms with E-state index in [-0.39, 0.29) is 5.96 Å². The minimum atomic E-state index is 0.205. The Labute approximate surface area is 148 Å². The largest absolute Gasteiger partial charge is 0.370 e. The number of fused-ring (bicyclic) bond motifs is 1. The maximum Gasteiger partial charge on any atom is 0.188 e. The smallest absolute Gasteiger partial charge is 0.188 e.